The van der Waals surface area contributed by atoms with Crippen molar-refractivity contribution in [2.24, 2.45) is 22.0 Å². The minimum absolute atomic E-state index is 0.0350. The molecule has 1 amide bonds. The molecule has 4 rings (SSSR count). The quantitative estimate of drug-likeness (QED) is 0.199. The number of primary sulfonamides is 1. The fraction of sp³-hybridized carbons (Fsp3) is 0.208. The number of anilines is 1. The molecule has 0 spiro atoms. The molecule has 0 bridgehead atoms. The summed E-state index contributed by atoms with van der Waals surface area (Å²) >= 11 is 1.15. The molecule has 1 aliphatic rings. The summed E-state index contributed by atoms with van der Waals surface area (Å²) in [6.45, 7) is 1.84. The van der Waals surface area contributed by atoms with E-state index in [2.05, 4.69) is 10.4 Å². The molecule has 2 aromatic carbocycles. The second kappa shape index (κ2) is 11.3. The van der Waals surface area contributed by atoms with Crippen molar-refractivity contribution in [1.82, 2.24) is 0 Å². The Kier molecular flexibility index (Phi) is 8.59. The number of nitrogens with zero attached hydrogens (tertiary/aromatic N) is 1. The molecule has 0 saturated heterocycles. The molecule has 6 N–H and O–H groups in total. The van der Waals surface area contributed by atoms with E-state index in [0.29, 0.717) is 11.3 Å². The molecule has 1 heterocycles. The number of rotatable bonds is 6. The Balaban J connectivity index is 0.000000505. The zero-order valence-electron chi connectivity index (χ0n) is 19.8. The Morgan fingerprint density at radius 1 is 1.16 bits per heavy atom. The number of nitrogens with two attached hydrogens (primary N) is 2. The topological polar surface area (TPSA) is 165 Å². The number of carboxylic acid groups (broad SMARTS) is 1. The molecule has 2 atom stereocenters. The number of carbonyl (C=O) groups excluding carboxylic acids is 1. The Labute approximate surface area is 220 Å². The number of amides is 1. The first kappa shape index (κ1) is 28.8. The maximum Gasteiger partial charge on any atom is 0.490 e. The molecule has 0 radical (unpaired) electrons. The first-order valence-corrected chi connectivity index (χ1v) is 13.2. The van der Waals surface area contributed by atoms with Crippen LogP contribution in [0, 0.1) is 12.8 Å². The average Bonchev–Trinajstić information content (AvgIpc) is 3.53. The van der Waals surface area contributed by atoms with Crippen molar-refractivity contribution >= 4 is 45.1 Å². The first-order valence-electron chi connectivity index (χ1n) is 10.9. The summed E-state index contributed by atoms with van der Waals surface area (Å²) < 4.78 is 55.6. The maximum absolute atomic E-state index is 12.7. The number of hydrazone groups is 1. The van der Waals surface area contributed by atoms with Crippen molar-refractivity contribution in [1.29, 1.82) is 0 Å². The molecule has 0 unspecified atom stereocenters. The summed E-state index contributed by atoms with van der Waals surface area (Å²) in [5.41, 5.74) is 3.97. The number of carboxylic acids is 1. The van der Waals surface area contributed by atoms with Crippen LogP contribution in [-0.2, 0) is 19.6 Å². The number of benzene rings is 2. The number of sulfonamides is 1. The molecule has 202 valence electrons. The summed E-state index contributed by atoms with van der Waals surface area (Å²) in [7, 11) is -3.80. The Hall–Kier alpha value is -3.75. The number of aryl methyl sites for hydroxylation is 1. The Morgan fingerprint density at radius 3 is 2.34 bits per heavy atom. The van der Waals surface area contributed by atoms with Crippen LogP contribution < -0.4 is 16.3 Å². The third kappa shape index (κ3) is 7.40. The fourth-order valence-electron chi connectivity index (χ4n) is 3.68. The van der Waals surface area contributed by atoms with Gasteiger partial charge in [-0.1, -0.05) is 30.3 Å². The van der Waals surface area contributed by atoms with Crippen molar-refractivity contribution in [3.05, 3.63) is 70.6 Å². The Morgan fingerprint density at radius 2 is 1.79 bits per heavy atom. The van der Waals surface area contributed by atoms with E-state index < -0.39 is 22.2 Å². The van der Waals surface area contributed by atoms with Crippen molar-refractivity contribution in [3.63, 3.8) is 0 Å². The van der Waals surface area contributed by atoms with Crippen LogP contribution in [0.3, 0.4) is 0 Å². The highest BCUT2D eigenvalue weighted by molar-refractivity contribution is 7.91. The third-order valence-electron chi connectivity index (χ3n) is 5.48. The number of aliphatic carboxylic acids is 1. The molecule has 14 heteroatoms. The lowest BCUT2D eigenvalue weighted by Gasteiger charge is -2.07. The standard InChI is InChI=1S/C22H22N4O3S2.C2HF3O2/c1-13-9-19(22(30-13)31(24,28)29)15-5-7-17(8-6-15)26-21(27)20-11-18(20)16-4-2-3-14(10-16)12-25-23;3-2(4,5)1(6)7/h2-10,12,18,20H,11,23H2,1H3,(H,26,27)(H2,24,28,29);(H,6,7)/t18-,20-;/m1./s1. The molecule has 3 aromatic rings. The van der Waals surface area contributed by atoms with E-state index >= 15 is 0 Å². The average molecular weight is 569 g/mol. The van der Waals surface area contributed by atoms with Gasteiger partial charge in [0, 0.05) is 22.0 Å². The molecule has 1 aromatic heterocycles. The fourth-order valence-corrected chi connectivity index (χ4v) is 5.78. The van der Waals surface area contributed by atoms with E-state index in [9.17, 15) is 26.4 Å². The van der Waals surface area contributed by atoms with Crippen LogP contribution in [0.1, 0.15) is 28.3 Å². The minimum Gasteiger partial charge on any atom is -0.475 e. The van der Waals surface area contributed by atoms with Gasteiger partial charge in [0.1, 0.15) is 4.21 Å². The number of alkyl halides is 3. The van der Waals surface area contributed by atoms with Crippen LogP contribution in [0.15, 0.2) is 63.9 Å². The molecule has 0 aliphatic heterocycles. The van der Waals surface area contributed by atoms with E-state index in [1.807, 2.05) is 31.2 Å². The number of carbonyl (C=O) groups is 2. The molecule has 1 aliphatic carbocycles. The van der Waals surface area contributed by atoms with Gasteiger partial charge in [-0.2, -0.15) is 18.3 Å². The van der Waals surface area contributed by atoms with Gasteiger partial charge in [-0.3, -0.25) is 4.79 Å². The van der Waals surface area contributed by atoms with Gasteiger partial charge >= 0.3 is 12.1 Å². The number of halogens is 3. The second-order valence-corrected chi connectivity index (χ2v) is 11.4. The zero-order valence-corrected chi connectivity index (χ0v) is 21.4. The number of nitrogens with one attached hydrogen (secondary N) is 1. The van der Waals surface area contributed by atoms with Gasteiger partial charge < -0.3 is 16.3 Å². The predicted molar refractivity (Wildman–Crippen MR) is 137 cm³/mol. The van der Waals surface area contributed by atoms with Crippen LogP contribution >= 0.6 is 11.3 Å². The van der Waals surface area contributed by atoms with E-state index in [1.165, 1.54) is 0 Å². The monoisotopic (exact) mass is 568 g/mol. The van der Waals surface area contributed by atoms with Crippen LogP contribution in [-0.4, -0.2) is 37.8 Å². The van der Waals surface area contributed by atoms with Crippen molar-refractivity contribution in [3.8, 4) is 11.1 Å². The molecule has 1 saturated carbocycles. The van der Waals surface area contributed by atoms with Gasteiger partial charge in [-0.25, -0.2) is 18.4 Å². The third-order valence-corrected chi connectivity index (χ3v) is 8.00. The molecule has 38 heavy (non-hydrogen) atoms. The van der Waals surface area contributed by atoms with Crippen molar-refractivity contribution in [2.75, 3.05) is 5.32 Å². The normalized spacial score (nSPS) is 17.0. The van der Waals surface area contributed by atoms with E-state index in [1.54, 1.807) is 36.5 Å². The largest absolute Gasteiger partial charge is 0.490 e. The van der Waals surface area contributed by atoms with Crippen molar-refractivity contribution < 1.29 is 36.3 Å². The van der Waals surface area contributed by atoms with Crippen molar-refractivity contribution in [2.45, 2.75) is 29.6 Å². The van der Waals surface area contributed by atoms with Gasteiger partial charge in [0.2, 0.25) is 15.9 Å². The van der Waals surface area contributed by atoms with Crippen LogP contribution in [0.5, 0.6) is 0 Å². The lowest BCUT2D eigenvalue weighted by molar-refractivity contribution is -0.192. The molecular weight excluding hydrogens is 545 g/mol. The number of hydrogen-bond donors (Lipinski definition) is 4. The lowest BCUT2D eigenvalue weighted by atomic mass is 10.1. The van der Waals surface area contributed by atoms with E-state index in [4.69, 9.17) is 20.9 Å². The molecule has 1 fully saturated rings. The van der Waals surface area contributed by atoms with Crippen LogP contribution in [0.25, 0.3) is 11.1 Å². The smallest absolute Gasteiger partial charge is 0.475 e. The highest BCUT2D eigenvalue weighted by Gasteiger charge is 2.44. The van der Waals surface area contributed by atoms with E-state index in [0.717, 1.165) is 39.3 Å². The highest BCUT2D eigenvalue weighted by Crippen LogP contribution is 2.48. The summed E-state index contributed by atoms with van der Waals surface area (Å²) in [6.07, 6.45) is -2.71. The van der Waals surface area contributed by atoms with Gasteiger partial charge in [0.15, 0.2) is 0 Å². The van der Waals surface area contributed by atoms with E-state index in [-0.39, 0.29) is 22.0 Å². The van der Waals surface area contributed by atoms with Crippen LogP contribution in [0.4, 0.5) is 18.9 Å². The van der Waals surface area contributed by atoms with Gasteiger partial charge in [-0.15, -0.1) is 11.3 Å². The summed E-state index contributed by atoms with van der Waals surface area (Å²) in [6, 6.07) is 16.7. The molecule has 9 nitrogen and oxygen atoms in total. The van der Waals surface area contributed by atoms with Gasteiger partial charge in [0.05, 0.1) is 6.21 Å². The SMILES string of the molecule is Cc1cc(-c2ccc(NC(=O)[C@@H]3C[C@@H]3c3cccc(C=NN)c3)cc2)c(S(N)(=O)=O)s1.O=C(O)C(F)(F)F. The maximum atomic E-state index is 12.7. The second-order valence-electron chi connectivity index (χ2n) is 8.37. The van der Waals surface area contributed by atoms with Crippen LogP contribution in [0.2, 0.25) is 0 Å². The Bertz CT molecular complexity index is 1470. The predicted octanol–water partition coefficient (Wildman–Crippen LogP) is 4.04. The summed E-state index contributed by atoms with van der Waals surface area (Å²) in [5, 5.41) is 19.0. The van der Waals surface area contributed by atoms with Gasteiger partial charge in [-0.05, 0) is 60.2 Å². The summed E-state index contributed by atoms with van der Waals surface area (Å²) in [5.74, 6) is 2.51. The minimum atomic E-state index is -5.08. The first-order chi connectivity index (χ1) is 17.7. The summed E-state index contributed by atoms with van der Waals surface area (Å²) in [4.78, 5) is 22.4. The highest BCUT2D eigenvalue weighted by atomic mass is 32.2. The number of hydrogen-bond acceptors (Lipinski definition) is 7. The molecular formula is C24H23F3N4O5S2. The van der Waals surface area contributed by atoms with Gasteiger partial charge in [0.25, 0.3) is 0 Å². The zero-order chi connectivity index (χ0) is 28.3. The number of thiophene rings is 1. The lowest BCUT2D eigenvalue weighted by Crippen LogP contribution is -2.21.